The first-order valence-electron chi connectivity index (χ1n) is 14.1. The summed E-state index contributed by atoms with van der Waals surface area (Å²) in [6.45, 7) is 4.08. The van der Waals surface area contributed by atoms with Crippen LogP contribution in [0, 0.1) is 17.8 Å². The Hall–Kier alpha value is -2.56. The van der Waals surface area contributed by atoms with Gasteiger partial charge in [-0.2, -0.15) is 0 Å². The number of fused-ring (bicyclic) bond motifs is 2. The van der Waals surface area contributed by atoms with Crippen LogP contribution in [0.3, 0.4) is 0 Å². The smallest absolute Gasteiger partial charge is 0.131 e. The number of piperidine rings is 1. The highest BCUT2D eigenvalue weighted by Crippen LogP contribution is 2.43. The highest BCUT2D eigenvalue weighted by atomic mass is 16.5. The van der Waals surface area contributed by atoms with Crippen LogP contribution in [0.4, 0.5) is 0 Å². The van der Waals surface area contributed by atoms with E-state index in [1.165, 1.54) is 43.4 Å². The Morgan fingerprint density at radius 3 is 2.44 bits per heavy atom. The number of benzene rings is 2. The van der Waals surface area contributed by atoms with E-state index in [-0.39, 0.29) is 0 Å². The molecule has 2 fully saturated rings. The molecule has 1 N–H and O–H groups in total. The molecule has 0 spiro atoms. The van der Waals surface area contributed by atoms with Crippen molar-refractivity contribution in [2.45, 2.75) is 63.5 Å². The lowest BCUT2D eigenvalue weighted by Gasteiger charge is -2.41. The van der Waals surface area contributed by atoms with E-state index in [4.69, 9.17) is 4.74 Å². The molecule has 1 saturated carbocycles. The molecule has 4 aliphatic rings. The molecule has 4 nitrogen and oxygen atoms in total. The topological polar surface area (TPSA) is 35.9 Å². The van der Waals surface area contributed by atoms with Gasteiger partial charge in [0.2, 0.25) is 0 Å². The summed E-state index contributed by atoms with van der Waals surface area (Å²) in [5.74, 6) is 2.44. The van der Waals surface area contributed by atoms with E-state index in [0.717, 1.165) is 56.8 Å². The third-order valence-electron chi connectivity index (χ3n) is 9.27. The van der Waals surface area contributed by atoms with E-state index in [1.54, 1.807) is 0 Å². The molecule has 36 heavy (non-hydrogen) atoms. The Morgan fingerprint density at radius 2 is 1.64 bits per heavy atom. The number of rotatable bonds is 6. The number of hydrogen-bond acceptors (Lipinski definition) is 4. The third-order valence-corrected chi connectivity index (χ3v) is 9.27. The van der Waals surface area contributed by atoms with Gasteiger partial charge in [-0.25, -0.2) is 0 Å². The lowest BCUT2D eigenvalue weighted by Crippen LogP contribution is -2.42. The predicted octanol–water partition coefficient (Wildman–Crippen LogP) is 6.44. The van der Waals surface area contributed by atoms with Gasteiger partial charge in [-0.3, -0.25) is 0 Å². The predicted molar refractivity (Wildman–Crippen MR) is 144 cm³/mol. The minimum absolute atomic E-state index is 0.382. The molecule has 4 heteroatoms. The van der Waals surface area contributed by atoms with Gasteiger partial charge in [0.15, 0.2) is 0 Å². The number of para-hydroxylation sites is 1. The lowest BCUT2D eigenvalue weighted by molar-refractivity contribution is -0.0537. The Labute approximate surface area is 216 Å². The number of ether oxygens (including phenoxy) is 1. The molecule has 2 unspecified atom stereocenters. The number of allylic oxidation sites excluding steroid dienone is 1. The molecule has 0 bridgehead atoms. The average molecular weight is 485 g/mol. The van der Waals surface area contributed by atoms with E-state index in [1.807, 2.05) is 12.3 Å². The lowest BCUT2D eigenvalue weighted by atomic mass is 9.71. The van der Waals surface area contributed by atoms with Crippen molar-refractivity contribution < 1.29 is 9.84 Å². The van der Waals surface area contributed by atoms with Crippen LogP contribution >= 0.6 is 0 Å². The van der Waals surface area contributed by atoms with Crippen molar-refractivity contribution in [1.82, 2.24) is 9.80 Å². The molecule has 0 amide bonds. The second-order valence-electron chi connectivity index (χ2n) is 11.3. The van der Waals surface area contributed by atoms with Crippen molar-refractivity contribution in [2.24, 2.45) is 17.8 Å². The van der Waals surface area contributed by atoms with Crippen LogP contribution in [0.2, 0.25) is 0 Å². The van der Waals surface area contributed by atoms with Crippen molar-refractivity contribution in [3.63, 3.8) is 0 Å². The second-order valence-corrected chi connectivity index (χ2v) is 11.3. The first-order valence-corrected chi connectivity index (χ1v) is 14.1. The first kappa shape index (κ1) is 23.8. The number of hydrogen-bond donors (Lipinski definition) is 1. The van der Waals surface area contributed by atoms with Crippen LogP contribution in [-0.2, 0) is 12.1 Å². The van der Waals surface area contributed by atoms with Gasteiger partial charge in [-0.1, -0.05) is 73.9 Å². The number of nitrogens with zero attached hydrogens (tertiary/aromatic N) is 2. The zero-order valence-corrected chi connectivity index (χ0v) is 21.4. The van der Waals surface area contributed by atoms with Crippen LogP contribution in [-0.4, -0.2) is 34.5 Å². The van der Waals surface area contributed by atoms with E-state index in [0.29, 0.717) is 17.8 Å². The molecular formula is C32H40N2O2. The van der Waals surface area contributed by atoms with E-state index in [9.17, 15) is 5.11 Å². The zero-order valence-electron chi connectivity index (χ0n) is 21.4. The summed E-state index contributed by atoms with van der Waals surface area (Å²) >= 11 is 0. The zero-order chi connectivity index (χ0) is 24.4. The quantitative estimate of drug-likeness (QED) is 0.512. The molecule has 0 radical (unpaired) electrons. The Morgan fingerprint density at radius 1 is 0.889 bits per heavy atom. The fourth-order valence-electron chi connectivity index (χ4n) is 7.07. The monoisotopic (exact) mass is 484 g/mol. The van der Waals surface area contributed by atoms with Crippen LogP contribution in [0.15, 0.2) is 78.8 Å². The molecule has 1 aliphatic carbocycles. The molecule has 190 valence electrons. The van der Waals surface area contributed by atoms with Crippen molar-refractivity contribution >= 4 is 0 Å². The van der Waals surface area contributed by atoms with Gasteiger partial charge in [-0.05, 0) is 68.7 Å². The maximum atomic E-state index is 12.0. The fraction of sp³-hybridized carbons (Fsp3) is 0.500. The minimum atomic E-state index is -0.704. The standard InChI is InChI=1S/C32H40N2O2/c35-32(27-10-3-1-4-11-27,28-12-5-2-6-13-28)18-22-33-19-15-25(16-20-33)29-17-21-34-23-26-9-7-8-14-31(26)36-24-30(29)34/h1,3-4,7-11,14,17,21,24-25,28-29,35H,2,5-6,12-13,15-16,18-20,22-23H2. The molecule has 2 aromatic carbocycles. The van der Waals surface area contributed by atoms with Crippen LogP contribution < -0.4 is 4.74 Å². The Balaban J connectivity index is 1.07. The molecule has 3 aliphatic heterocycles. The van der Waals surface area contributed by atoms with Crippen LogP contribution in [0.5, 0.6) is 5.75 Å². The molecule has 0 aromatic heterocycles. The van der Waals surface area contributed by atoms with Gasteiger partial charge in [0, 0.05) is 24.2 Å². The summed E-state index contributed by atoms with van der Waals surface area (Å²) in [4.78, 5) is 4.96. The average Bonchev–Trinajstić information content (AvgIpc) is 3.25. The molecular weight excluding hydrogens is 444 g/mol. The van der Waals surface area contributed by atoms with Crippen molar-refractivity contribution in [1.29, 1.82) is 0 Å². The summed E-state index contributed by atoms with van der Waals surface area (Å²) in [7, 11) is 0. The summed E-state index contributed by atoms with van der Waals surface area (Å²) in [6.07, 6.45) is 16.0. The second kappa shape index (κ2) is 10.4. The largest absolute Gasteiger partial charge is 0.463 e. The SMILES string of the molecule is OC(CCN1CCC(C2C=CN3Cc4ccccc4OC=C23)CC1)(c1ccccc1)C1CCCCC1. The van der Waals surface area contributed by atoms with Crippen molar-refractivity contribution in [3.05, 3.63) is 90.0 Å². The highest BCUT2D eigenvalue weighted by Gasteiger charge is 2.40. The molecule has 1 saturated heterocycles. The van der Waals surface area contributed by atoms with E-state index in [2.05, 4.69) is 70.6 Å². The van der Waals surface area contributed by atoms with Crippen LogP contribution in [0.1, 0.15) is 62.5 Å². The molecule has 6 rings (SSSR count). The van der Waals surface area contributed by atoms with Crippen LogP contribution in [0.25, 0.3) is 0 Å². The summed E-state index contributed by atoms with van der Waals surface area (Å²) in [5.41, 5.74) is 2.96. The normalized spacial score (nSPS) is 24.9. The Kier molecular flexibility index (Phi) is 6.90. The van der Waals surface area contributed by atoms with Crippen molar-refractivity contribution in [3.8, 4) is 5.75 Å². The summed E-state index contributed by atoms with van der Waals surface area (Å²) < 4.78 is 6.10. The van der Waals surface area contributed by atoms with Crippen molar-refractivity contribution in [2.75, 3.05) is 19.6 Å². The van der Waals surface area contributed by atoms with Gasteiger partial charge in [-0.15, -0.1) is 0 Å². The van der Waals surface area contributed by atoms with E-state index < -0.39 is 5.60 Å². The summed E-state index contributed by atoms with van der Waals surface area (Å²) in [5, 5.41) is 12.0. The maximum Gasteiger partial charge on any atom is 0.131 e. The third kappa shape index (κ3) is 4.73. The van der Waals surface area contributed by atoms with Gasteiger partial charge in [0.1, 0.15) is 12.0 Å². The Bertz CT molecular complexity index is 1080. The maximum absolute atomic E-state index is 12.0. The highest BCUT2D eigenvalue weighted by molar-refractivity contribution is 5.38. The molecule has 3 heterocycles. The molecule has 2 aromatic rings. The van der Waals surface area contributed by atoms with Gasteiger partial charge in [0.05, 0.1) is 17.8 Å². The summed E-state index contributed by atoms with van der Waals surface area (Å²) in [6, 6.07) is 18.9. The molecule has 2 atom stereocenters. The number of aliphatic hydroxyl groups is 1. The fourth-order valence-corrected chi connectivity index (χ4v) is 7.07. The van der Waals surface area contributed by atoms with Gasteiger partial charge >= 0.3 is 0 Å². The van der Waals surface area contributed by atoms with Gasteiger partial charge < -0.3 is 19.6 Å². The first-order chi connectivity index (χ1) is 17.7. The van der Waals surface area contributed by atoms with E-state index >= 15 is 0 Å². The minimum Gasteiger partial charge on any atom is -0.463 e. The van der Waals surface area contributed by atoms with Gasteiger partial charge in [0.25, 0.3) is 0 Å². The number of likely N-dealkylation sites (tertiary alicyclic amines) is 1.